The lowest BCUT2D eigenvalue weighted by Crippen LogP contribution is -2.45. The van der Waals surface area contributed by atoms with Gasteiger partial charge in [-0.2, -0.15) is 0 Å². The second-order valence-corrected chi connectivity index (χ2v) is 6.76. The number of oxime groups is 1. The monoisotopic (exact) mass is 246 g/mol. The topological polar surface area (TPSA) is 70.0 Å². The van der Waals surface area contributed by atoms with Gasteiger partial charge in [0.1, 0.15) is 0 Å². The van der Waals surface area contributed by atoms with E-state index in [2.05, 4.69) is 5.16 Å². The molecule has 1 atom stereocenters. The third-order valence-corrected chi connectivity index (χ3v) is 5.80. The predicted molar refractivity (Wildman–Crippen MR) is 61.1 cm³/mol. The average molecular weight is 246 g/mol. The van der Waals surface area contributed by atoms with E-state index in [0.717, 1.165) is 25.0 Å². The van der Waals surface area contributed by atoms with Crippen LogP contribution in [0.5, 0.6) is 0 Å². The molecule has 0 bridgehead atoms. The molecule has 16 heavy (non-hydrogen) atoms. The van der Waals surface area contributed by atoms with Crippen LogP contribution in [0, 0.1) is 5.92 Å². The van der Waals surface area contributed by atoms with Gasteiger partial charge in [0.15, 0.2) is 0 Å². The normalized spacial score (nSPS) is 30.8. The molecular formula is C10H18N2O3S. The lowest BCUT2D eigenvalue weighted by atomic mass is 9.95. The Morgan fingerprint density at radius 2 is 2.19 bits per heavy atom. The molecule has 0 aromatic carbocycles. The standard InChI is InChI=1S/C10H18N2O3S/c1-2-8-7-12(6-5-10(8)11-13)16(14,15)9-3-4-9/h8-9,13H,2-7H2,1H3. The molecule has 5 nitrogen and oxygen atoms in total. The first-order valence-corrected chi connectivity index (χ1v) is 7.29. The Kier molecular flexibility index (Phi) is 3.21. The number of sulfonamides is 1. The van der Waals surface area contributed by atoms with Gasteiger partial charge < -0.3 is 5.21 Å². The van der Waals surface area contributed by atoms with E-state index in [1.54, 1.807) is 4.31 Å². The van der Waals surface area contributed by atoms with E-state index < -0.39 is 10.0 Å². The first-order chi connectivity index (χ1) is 7.59. The molecule has 1 saturated heterocycles. The van der Waals surface area contributed by atoms with E-state index in [1.807, 2.05) is 6.92 Å². The minimum Gasteiger partial charge on any atom is -0.411 e. The third-order valence-electron chi connectivity index (χ3n) is 3.44. The summed E-state index contributed by atoms with van der Waals surface area (Å²) in [7, 11) is -3.07. The van der Waals surface area contributed by atoms with Crippen LogP contribution in [0.4, 0.5) is 0 Å². The van der Waals surface area contributed by atoms with Crippen molar-refractivity contribution in [1.82, 2.24) is 4.31 Å². The van der Waals surface area contributed by atoms with Crippen molar-refractivity contribution in [3.05, 3.63) is 0 Å². The highest BCUT2D eigenvalue weighted by atomic mass is 32.2. The third kappa shape index (κ3) is 2.08. The molecule has 1 aliphatic heterocycles. The molecule has 0 spiro atoms. The molecule has 1 aliphatic carbocycles. The summed E-state index contributed by atoms with van der Waals surface area (Å²) in [6, 6.07) is 0. The van der Waals surface area contributed by atoms with E-state index >= 15 is 0 Å². The van der Waals surface area contributed by atoms with Crippen molar-refractivity contribution in [3.63, 3.8) is 0 Å². The van der Waals surface area contributed by atoms with Crippen LogP contribution >= 0.6 is 0 Å². The van der Waals surface area contributed by atoms with E-state index in [9.17, 15) is 8.42 Å². The van der Waals surface area contributed by atoms with E-state index in [0.29, 0.717) is 19.5 Å². The number of hydrogen-bond donors (Lipinski definition) is 1. The average Bonchev–Trinajstić information content (AvgIpc) is 3.12. The molecule has 1 unspecified atom stereocenters. The summed E-state index contributed by atoms with van der Waals surface area (Å²) < 4.78 is 25.6. The minimum absolute atomic E-state index is 0.0762. The van der Waals surface area contributed by atoms with Crippen molar-refractivity contribution >= 4 is 15.7 Å². The van der Waals surface area contributed by atoms with Gasteiger partial charge in [0.2, 0.25) is 10.0 Å². The molecule has 6 heteroatoms. The molecule has 2 rings (SSSR count). The van der Waals surface area contributed by atoms with Gasteiger partial charge in [0.05, 0.1) is 11.0 Å². The smallest absolute Gasteiger partial charge is 0.217 e. The van der Waals surface area contributed by atoms with E-state index in [1.165, 1.54) is 0 Å². The maximum absolute atomic E-state index is 12.0. The molecule has 0 amide bonds. The quantitative estimate of drug-likeness (QED) is 0.597. The van der Waals surface area contributed by atoms with Crippen LogP contribution in [0.25, 0.3) is 0 Å². The molecule has 1 saturated carbocycles. The lowest BCUT2D eigenvalue weighted by Gasteiger charge is -2.31. The van der Waals surface area contributed by atoms with Gasteiger partial charge in [-0.25, -0.2) is 12.7 Å². The molecule has 2 fully saturated rings. The molecule has 1 N–H and O–H groups in total. The van der Waals surface area contributed by atoms with Crippen LogP contribution in [0.1, 0.15) is 32.6 Å². The predicted octanol–water partition coefficient (Wildman–Crippen LogP) is 1.04. The van der Waals surface area contributed by atoms with Gasteiger partial charge >= 0.3 is 0 Å². The molecular weight excluding hydrogens is 228 g/mol. The van der Waals surface area contributed by atoms with Crippen molar-refractivity contribution in [2.75, 3.05) is 13.1 Å². The van der Waals surface area contributed by atoms with Crippen molar-refractivity contribution in [2.45, 2.75) is 37.9 Å². The fourth-order valence-corrected chi connectivity index (χ4v) is 4.08. The number of nitrogens with zero attached hydrogens (tertiary/aromatic N) is 2. The van der Waals surface area contributed by atoms with E-state index in [-0.39, 0.29) is 11.2 Å². The zero-order chi connectivity index (χ0) is 11.8. The first kappa shape index (κ1) is 11.9. The first-order valence-electron chi connectivity index (χ1n) is 5.79. The summed E-state index contributed by atoms with van der Waals surface area (Å²) in [6.07, 6.45) is 2.98. The highest BCUT2D eigenvalue weighted by Crippen LogP contribution is 2.33. The van der Waals surface area contributed by atoms with Gasteiger partial charge in [-0.15, -0.1) is 0 Å². The molecule has 92 valence electrons. The number of piperidine rings is 1. The van der Waals surface area contributed by atoms with Crippen LogP contribution in [0.15, 0.2) is 5.16 Å². The Balaban J connectivity index is 2.10. The van der Waals surface area contributed by atoms with Crippen molar-refractivity contribution in [3.8, 4) is 0 Å². The number of hydrogen-bond acceptors (Lipinski definition) is 4. The van der Waals surface area contributed by atoms with Gasteiger partial charge in [0, 0.05) is 25.4 Å². The van der Waals surface area contributed by atoms with Gasteiger partial charge in [-0.1, -0.05) is 12.1 Å². The highest BCUT2D eigenvalue weighted by Gasteiger charge is 2.42. The molecule has 0 aromatic rings. The summed E-state index contributed by atoms with van der Waals surface area (Å²) in [5, 5.41) is 12.0. The lowest BCUT2D eigenvalue weighted by molar-refractivity contribution is 0.295. The second-order valence-electron chi connectivity index (χ2n) is 4.55. The van der Waals surface area contributed by atoms with Gasteiger partial charge in [-0.3, -0.25) is 0 Å². The van der Waals surface area contributed by atoms with Crippen LogP contribution < -0.4 is 0 Å². The number of rotatable bonds is 3. The van der Waals surface area contributed by atoms with Crippen molar-refractivity contribution in [2.24, 2.45) is 11.1 Å². The van der Waals surface area contributed by atoms with Gasteiger partial charge in [-0.05, 0) is 19.3 Å². The Hall–Kier alpha value is -0.620. The van der Waals surface area contributed by atoms with Crippen LogP contribution in [-0.2, 0) is 10.0 Å². The second kappa shape index (κ2) is 4.33. The Morgan fingerprint density at radius 3 is 2.69 bits per heavy atom. The summed E-state index contributed by atoms with van der Waals surface area (Å²) in [4.78, 5) is 0. The van der Waals surface area contributed by atoms with Crippen LogP contribution in [0.3, 0.4) is 0 Å². The largest absolute Gasteiger partial charge is 0.411 e. The highest BCUT2D eigenvalue weighted by molar-refractivity contribution is 7.90. The molecule has 0 aromatic heterocycles. The summed E-state index contributed by atoms with van der Waals surface area (Å²) in [5.74, 6) is 0.0762. The van der Waals surface area contributed by atoms with Crippen LogP contribution in [-0.4, -0.2) is 42.0 Å². The SMILES string of the molecule is CCC1CN(S(=O)(=O)C2CC2)CCC1=NO. The molecule has 0 radical (unpaired) electrons. The van der Waals surface area contributed by atoms with Crippen molar-refractivity contribution < 1.29 is 13.6 Å². The Morgan fingerprint density at radius 1 is 1.50 bits per heavy atom. The fraction of sp³-hybridized carbons (Fsp3) is 0.900. The zero-order valence-corrected chi connectivity index (χ0v) is 10.3. The Bertz CT molecular complexity index is 387. The van der Waals surface area contributed by atoms with Crippen molar-refractivity contribution in [1.29, 1.82) is 0 Å². The summed E-state index contributed by atoms with van der Waals surface area (Å²) >= 11 is 0. The Labute approximate surface area is 96.2 Å². The summed E-state index contributed by atoms with van der Waals surface area (Å²) in [5.41, 5.74) is 0.741. The zero-order valence-electron chi connectivity index (χ0n) is 9.46. The fourth-order valence-electron chi connectivity index (χ4n) is 2.19. The molecule has 2 aliphatic rings. The van der Waals surface area contributed by atoms with Gasteiger partial charge in [0.25, 0.3) is 0 Å². The summed E-state index contributed by atoms with van der Waals surface area (Å²) in [6.45, 7) is 2.94. The minimum atomic E-state index is -3.07. The molecule has 1 heterocycles. The maximum atomic E-state index is 12.0. The van der Waals surface area contributed by atoms with E-state index in [4.69, 9.17) is 5.21 Å². The van der Waals surface area contributed by atoms with Crippen LogP contribution in [0.2, 0.25) is 0 Å². The maximum Gasteiger partial charge on any atom is 0.217 e.